The first-order valence-electron chi connectivity index (χ1n) is 12.0. The lowest BCUT2D eigenvalue weighted by Crippen LogP contribution is -2.52. The number of likely N-dealkylation sites (tertiary alicyclic amines) is 1. The van der Waals surface area contributed by atoms with E-state index in [9.17, 15) is 18.3 Å². The molecular weight excluding hydrogens is 455 g/mol. The summed E-state index contributed by atoms with van der Waals surface area (Å²) in [5.74, 6) is -0.780. The van der Waals surface area contributed by atoms with Crippen molar-refractivity contribution in [2.75, 3.05) is 12.8 Å². The second kappa shape index (κ2) is 8.73. The van der Waals surface area contributed by atoms with Gasteiger partial charge in [-0.15, -0.1) is 0 Å². The maximum Gasteiger partial charge on any atom is 0.252 e. The lowest BCUT2D eigenvalue weighted by atomic mass is 9.80. The Bertz CT molecular complexity index is 1180. The third-order valence-electron chi connectivity index (χ3n) is 7.89. The molecule has 34 heavy (non-hydrogen) atoms. The fraction of sp³-hybridized carbons (Fsp3) is 0.500. The Morgan fingerprint density at radius 3 is 2.47 bits per heavy atom. The van der Waals surface area contributed by atoms with E-state index < -0.39 is 28.2 Å². The molecule has 1 spiro atoms. The predicted molar refractivity (Wildman–Crippen MR) is 128 cm³/mol. The fourth-order valence-electron chi connectivity index (χ4n) is 5.61. The molecule has 182 valence electrons. The molecule has 2 aliphatic carbocycles. The summed E-state index contributed by atoms with van der Waals surface area (Å²) >= 11 is 0. The molecule has 2 N–H and O–H groups in total. The second-order valence-electron chi connectivity index (χ2n) is 10.2. The Labute approximate surface area is 200 Å². The van der Waals surface area contributed by atoms with Crippen LogP contribution in [0.2, 0.25) is 0 Å². The van der Waals surface area contributed by atoms with Gasteiger partial charge in [0.2, 0.25) is 10.0 Å². The van der Waals surface area contributed by atoms with Gasteiger partial charge >= 0.3 is 0 Å². The van der Waals surface area contributed by atoms with Crippen LogP contribution < -0.4 is 4.72 Å². The van der Waals surface area contributed by atoms with E-state index >= 15 is 4.39 Å². The van der Waals surface area contributed by atoms with E-state index in [2.05, 4.69) is 4.72 Å². The van der Waals surface area contributed by atoms with Crippen molar-refractivity contribution >= 4 is 15.9 Å². The first kappa shape index (κ1) is 23.5. The van der Waals surface area contributed by atoms with Crippen molar-refractivity contribution in [1.82, 2.24) is 9.62 Å². The number of sulfonamides is 1. The number of amides is 1. The molecule has 2 unspecified atom stereocenters. The molecule has 8 heteroatoms. The van der Waals surface area contributed by atoms with Crippen LogP contribution in [0.5, 0.6) is 0 Å². The SMILES string of the molecule is CS(=O)(=O)NC1C(Cc2cccc(-c3ccccc3)c2F)N(C(=O)[C@H](O)C2CCC2)CC12CC2. The summed E-state index contributed by atoms with van der Waals surface area (Å²) in [4.78, 5) is 15.0. The minimum absolute atomic E-state index is 0.0524. The number of halogens is 1. The first-order chi connectivity index (χ1) is 16.2. The van der Waals surface area contributed by atoms with Crippen molar-refractivity contribution in [1.29, 1.82) is 0 Å². The number of benzene rings is 2. The molecule has 3 aliphatic rings. The van der Waals surface area contributed by atoms with Gasteiger partial charge in [0.15, 0.2) is 0 Å². The maximum atomic E-state index is 15.7. The van der Waals surface area contributed by atoms with Gasteiger partial charge < -0.3 is 10.0 Å². The van der Waals surface area contributed by atoms with Crippen molar-refractivity contribution in [3.05, 3.63) is 59.9 Å². The Hall–Kier alpha value is -2.29. The van der Waals surface area contributed by atoms with Crippen molar-refractivity contribution in [3.63, 3.8) is 0 Å². The smallest absolute Gasteiger partial charge is 0.252 e. The Morgan fingerprint density at radius 1 is 1.18 bits per heavy atom. The molecule has 3 fully saturated rings. The zero-order valence-electron chi connectivity index (χ0n) is 19.3. The number of hydrogen-bond donors (Lipinski definition) is 2. The average molecular weight is 487 g/mol. The van der Waals surface area contributed by atoms with E-state index in [4.69, 9.17) is 0 Å². The van der Waals surface area contributed by atoms with Crippen molar-refractivity contribution in [3.8, 4) is 11.1 Å². The highest BCUT2D eigenvalue weighted by atomic mass is 32.2. The second-order valence-corrected chi connectivity index (χ2v) is 12.0. The third kappa shape index (κ3) is 4.39. The summed E-state index contributed by atoms with van der Waals surface area (Å²) in [5.41, 5.74) is 1.31. The summed E-state index contributed by atoms with van der Waals surface area (Å²) < 4.78 is 42.9. The van der Waals surface area contributed by atoms with Crippen LogP contribution in [0.4, 0.5) is 4.39 Å². The number of aliphatic hydroxyl groups excluding tert-OH is 1. The van der Waals surface area contributed by atoms with Crippen LogP contribution in [0.3, 0.4) is 0 Å². The Morgan fingerprint density at radius 2 is 1.88 bits per heavy atom. The number of carbonyl (C=O) groups excluding carboxylic acids is 1. The molecular formula is C26H31FN2O4S. The molecule has 6 nitrogen and oxygen atoms in total. The van der Waals surface area contributed by atoms with Crippen LogP contribution in [0, 0.1) is 17.2 Å². The molecule has 3 atom stereocenters. The van der Waals surface area contributed by atoms with E-state index in [0.717, 1.165) is 43.9 Å². The molecule has 1 heterocycles. The first-order valence-corrected chi connectivity index (χ1v) is 13.9. The van der Waals surface area contributed by atoms with Gasteiger partial charge in [-0.2, -0.15) is 0 Å². The van der Waals surface area contributed by atoms with Gasteiger partial charge in [0, 0.05) is 23.6 Å². The standard InChI is InChI=1S/C26H31FN2O4S/c1-34(32,33)28-24-21(15-19-11-6-12-20(22(19)27)17-7-3-2-4-8-17)29(16-26(24)13-14-26)25(31)23(30)18-9-5-10-18/h2-4,6-8,11-12,18,21,23-24,28,30H,5,9-10,13-16H2,1H3/t21?,23-,24?/m1/s1. The van der Waals surface area contributed by atoms with Gasteiger partial charge in [0.1, 0.15) is 11.9 Å². The van der Waals surface area contributed by atoms with Gasteiger partial charge in [-0.3, -0.25) is 4.79 Å². The Balaban J connectivity index is 1.50. The fourth-order valence-corrected chi connectivity index (χ4v) is 6.48. The Kier molecular flexibility index (Phi) is 6.02. The van der Waals surface area contributed by atoms with Crippen molar-refractivity contribution in [2.45, 2.75) is 56.7 Å². The number of carbonyl (C=O) groups is 1. The molecule has 2 aromatic carbocycles. The number of hydrogen-bond acceptors (Lipinski definition) is 4. The minimum Gasteiger partial charge on any atom is -0.383 e. The van der Waals surface area contributed by atoms with Gasteiger partial charge in [0.05, 0.1) is 12.3 Å². The molecule has 2 aromatic rings. The number of nitrogens with one attached hydrogen (secondary N) is 1. The van der Waals surface area contributed by atoms with Gasteiger partial charge in [-0.25, -0.2) is 17.5 Å². The highest BCUT2D eigenvalue weighted by molar-refractivity contribution is 7.88. The molecule has 5 rings (SSSR count). The normalized spacial score (nSPS) is 24.7. The largest absolute Gasteiger partial charge is 0.383 e. The monoisotopic (exact) mass is 486 g/mol. The van der Waals surface area contributed by atoms with Gasteiger partial charge in [-0.05, 0) is 49.1 Å². The molecule has 0 bridgehead atoms. The number of rotatable bonds is 7. The van der Waals surface area contributed by atoms with E-state index in [1.807, 2.05) is 30.3 Å². The predicted octanol–water partition coefficient (Wildman–Crippen LogP) is 3.11. The molecule has 1 saturated heterocycles. The molecule has 2 saturated carbocycles. The van der Waals surface area contributed by atoms with Crippen LogP contribution in [0.1, 0.15) is 37.7 Å². The van der Waals surface area contributed by atoms with Crippen LogP contribution in [-0.4, -0.2) is 55.3 Å². The zero-order valence-corrected chi connectivity index (χ0v) is 20.1. The van der Waals surface area contributed by atoms with Crippen molar-refractivity contribution < 1.29 is 22.7 Å². The molecule has 0 aromatic heterocycles. The summed E-state index contributed by atoms with van der Waals surface area (Å²) in [6, 6.07) is 13.4. The van der Waals surface area contributed by atoms with E-state index in [1.54, 1.807) is 23.1 Å². The summed E-state index contributed by atoms with van der Waals surface area (Å²) in [7, 11) is -3.55. The number of aliphatic hydroxyl groups is 1. The molecule has 1 amide bonds. The summed E-state index contributed by atoms with van der Waals surface area (Å²) in [5, 5.41) is 10.7. The summed E-state index contributed by atoms with van der Waals surface area (Å²) in [6.07, 6.45) is 4.42. The highest BCUT2D eigenvalue weighted by Crippen LogP contribution is 2.56. The van der Waals surface area contributed by atoms with Crippen LogP contribution in [0.15, 0.2) is 48.5 Å². The third-order valence-corrected chi connectivity index (χ3v) is 8.57. The lowest BCUT2D eigenvalue weighted by Gasteiger charge is -2.35. The van der Waals surface area contributed by atoms with Crippen LogP contribution in [-0.2, 0) is 21.2 Å². The topological polar surface area (TPSA) is 86.7 Å². The van der Waals surface area contributed by atoms with Crippen LogP contribution >= 0.6 is 0 Å². The average Bonchev–Trinajstić information content (AvgIpc) is 3.48. The van der Waals surface area contributed by atoms with Crippen molar-refractivity contribution in [2.24, 2.45) is 11.3 Å². The summed E-state index contributed by atoms with van der Waals surface area (Å²) in [6.45, 7) is 0.382. The van der Waals surface area contributed by atoms with Gasteiger partial charge in [0.25, 0.3) is 5.91 Å². The number of nitrogens with zero attached hydrogens (tertiary/aromatic N) is 1. The van der Waals surface area contributed by atoms with E-state index in [-0.39, 0.29) is 29.5 Å². The zero-order chi connectivity index (χ0) is 24.1. The lowest BCUT2D eigenvalue weighted by molar-refractivity contribution is -0.146. The highest BCUT2D eigenvalue weighted by Gasteiger charge is 2.61. The van der Waals surface area contributed by atoms with E-state index in [1.165, 1.54) is 0 Å². The van der Waals surface area contributed by atoms with E-state index in [0.29, 0.717) is 17.7 Å². The van der Waals surface area contributed by atoms with Gasteiger partial charge in [-0.1, -0.05) is 55.0 Å². The van der Waals surface area contributed by atoms with Crippen LogP contribution in [0.25, 0.3) is 11.1 Å². The molecule has 1 aliphatic heterocycles. The maximum absolute atomic E-state index is 15.7. The minimum atomic E-state index is -3.55. The molecule has 0 radical (unpaired) electrons. The quantitative estimate of drug-likeness (QED) is 0.630.